The van der Waals surface area contributed by atoms with Gasteiger partial charge >= 0.3 is 0 Å². The van der Waals surface area contributed by atoms with Crippen molar-refractivity contribution in [2.24, 2.45) is 0 Å². The summed E-state index contributed by atoms with van der Waals surface area (Å²) in [5.74, 6) is 1.69. The van der Waals surface area contributed by atoms with Crippen LogP contribution in [-0.4, -0.2) is 13.2 Å². The van der Waals surface area contributed by atoms with Gasteiger partial charge in [-0.25, -0.2) is 0 Å². The smallest absolute Gasteiger partial charge is 0.119 e. The molecule has 0 aliphatic heterocycles. The predicted molar refractivity (Wildman–Crippen MR) is 438 cm³/mol. The Labute approximate surface area is 602 Å². The zero-order valence-corrected chi connectivity index (χ0v) is 57.5. The highest BCUT2D eigenvalue weighted by molar-refractivity contribution is 5.85. The molecular weight excluding hydrogens is 1240 g/mol. The van der Waals surface area contributed by atoms with E-state index in [1.54, 1.807) is 0 Å². The average Bonchev–Trinajstić information content (AvgIpc) is 0.823. The Kier molecular flexibility index (Phi) is 22.8. The number of hydrogen-bond donors (Lipinski definition) is 0. The molecule has 0 N–H and O–H groups in total. The van der Waals surface area contributed by atoms with E-state index in [1.165, 1.54) is 33.4 Å². The van der Waals surface area contributed by atoms with Gasteiger partial charge in [0.2, 0.25) is 0 Å². The highest BCUT2D eigenvalue weighted by Crippen LogP contribution is 2.38. The maximum atomic E-state index is 5.84. The lowest BCUT2D eigenvalue weighted by atomic mass is 9.97. The maximum Gasteiger partial charge on any atom is 0.119 e. The van der Waals surface area contributed by atoms with E-state index in [4.69, 9.17) is 9.47 Å². The normalized spacial score (nSPS) is 11.5. The van der Waals surface area contributed by atoms with Crippen molar-refractivity contribution in [3.05, 3.63) is 442 Å². The molecule has 0 spiro atoms. The summed E-state index contributed by atoms with van der Waals surface area (Å²) < 4.78 is 11.7. The first kappa shape index (κ1) is 67.5. The number of ether oxygens (including phenoxy) is 2. The Balaban J connectivity index is 0.633. The summed E-state index contributed by atoms with van der Waals surface area (Å²) in [6.45, 7) is 5.25. The van der Waals surface area contributed by atoms with Crippen LogP contribution >= 0.6 is 0 Å². The van der Waals surface area contributed by atoms with Gasteiger partial charge in [-0.3, -0.25) is 0 Å². The lowest BCUT2D eigenvalue weighted by Gasteiger charge is -2.26. The Bertz CT molecular complexity index is 4630. The zero-order chi connectivity index (χ0) is 69.3. The van der Waals surface area contributed by atoms with Gasteiger partial charge in [-0.05, 0) is 200 Å². The van der Waals surface area contributed by atoms with Crippen molar-refractivity contribution in [3.63, 3.8) is 0 Å². The Morgan fingerprint density at radius 2 is 0.392 bits per heavy atom. The summed E-state index contributed by atoms with van der Waals surface area (Å²) in [6.07, 6.45) is 30.3. The van der Waals surface area contributed by atoms with Crippen molar-refractivity contribution in [3.8, 4) is 11.5 Å². The van der Waals surface area contributed by atoms with Crippen LogP contribution in [0.15, 0.2) is 364 Å². The fourth-order valence-electron chi connectivity index (χ4n) is 12.2. The van der Waals surface area contributed by atoms with E-state index >= 15 is 0 Å². The van der Waals surface area contributed by atoms with Crippen molar-refractivity contribution in [2.45, 2.75) is 13.8 Å². The Morgan fingerprint density at radius 3 is 0.588 bits per heavy atom. The summed E-state index contributed by atoms with van der Waals surface area (Å²) in [4.78, 5) is 4.57. The molecule has 4 nitrogen and oxygen atoms in total. The molecule has 0 saturated carbocycles. The van der Waals surface area contributed by atoms with Gasteiger partial charge in [-0.2, -0.15) is 0 Å². The average molecular weight is 1320 g/mol. The molecule has 0 atom stereocenters. The quantitative estimate of drug-likeness (QED) is 0.0398. The fourth-order valence-corrected chi connectivity index (χ4v) is 12.2. The van der Waals surface area contributed by atoms with Crippen LogP contribution in [0.5, 0.6) is 11.5 Å². The van der Waals surface area contributed by atoms with E-state index in [2.05, 4.69) is 410 Å². The summed E-state index contributed by atoms with van der Waals surface area (Å²) in [7, 11) is 0. The van der Waals surface area contributed by atoms with E-state index in [0.29, 0.717) is 13.2 Å². The summed E-state index contributed by atoms with van der Waals surface area (Å²) in [6, 6.07) is 120. The highest BCUT2D eigenvalue weighted by Gasteiger charge is 2.16. The van der Waals surface area contributed by atoms with Crippen LogP contribution in [0.1, 0.15) is 91.7 Å². The number of hydrogen-bond acceptors (Lipinski definition) is 4. The first-order valence-corrected chi connectivity index (χ1v) is 34.9. The highest BCUT2D eigenvalue weighted by atomic mass is 16.5. The van der Waals surface area contributed by atoms with Crippen LogP contribution in [0.4, 0.5) is 34.1 Å². The van der Waals surface area contributed by atoms with Crippen LogP contribution in [0.25, 0.3) is 71.9 Å². The first-order valence-electron chi connectivity index (χ1n) is 34.9. The third-order valence-electron chi connectivity index (χ3n) is 17.5. The van der Waals surface area contributed by atoms with Gasteiger partial charge < -0.3 is 19.3 Å². The maximum absolute atomic E-state index is 5.84. The number of benzene rings is 13. The lowest BCUT2D eigenvalue weighted by Crippen LogP contribution is -2.09. The molecule has 0 saturated heterocycles. The fraction of sp³-hybridized carbons (Fsp3) is 0.0408. The molecule has 0 radical (unpaired) electrons. The van der Waals surface area contributed by atoms with E-state index in [-0.39, 0.29) is 0 Å². The molecule has 494 valence electrons. The molecule has 0 unspecified atom stereocenters. The number of nitrogens with zero attached hydrogens (tertiary/aromatic N) is 2. The zero-order valence-electron chi connectivity index (χ0n) is 57.5. The molecule has 0 amide bonds. The Morgan fingerprint density at radius 1 is 0.216 bits per heavy atom. The van der Waals surface area contributed by atoms with E-state index < -0.39 is 0 Å². The molecule has 13 aromatic rings. The largest absolute Gasteiger partial charge is 0.494 e. The minimum Gasteiger partial charge on any atom is -0.494 e. The third-order valence-corrected chi connectivity index (χ3v) is 17.5. The molecule has 0 heterocycles. The van der Waals surface area contributed by atoms with Gasteiger partial charge in [-0.15, -0.1) is 0 Å². The molecule has 0 aliphatic carbocycles. The van der Waals surface area contributed by atoms with Gasteiger partial charge in [0.05, 0.1) is 13.2 Å². The minimum atomic E-state index is 0.614. The van der Waals surface area contributed by atoms with Crippen LogP contribution in [0, 0.1) is 0 Å². The van der Waals surface area contributed by atoms with Crippen molar-refractivity contribution >= 4 is 106 Å². The van der Waals surface area contributed by atoms with E-state index in [1.807, 2.05) is 38.1 Å². The monoisotopic (exact) mass is 1320 g/mol. The van der Waals surface area contributed by atoms with Crippen LogP contribution < -0.4 is 19.3 Å². The van der Waals surface area contributed by atoms with E-state index in [0.717, 1.165) is 101 Å². The SMILES string of the molecule is CCOc1ccc(N(c2ccc(/C=C/c3ccc(/C=C/C=C(c4ccccc4)c4ccccc4)cc3)cc2)c2ccc(/C=C/c3ccc(/C=C/c4ccc(N(c5ccc(/C=C/c6ccc(/C=C/C=C(c7ccccc7)c7ccccc7)cc6)cc5)c5ccc(OCC)cc5)cc4)cc3)cc2)cc1. The molecule has 13 aromatic carbocycles. The molecule has 4 heteroatoms. The third kappa shape index (κ3) is 18.4. The lowest BCUT2D eigenvalue weighted by molar-refractivity contribution is 0.340. The van der Waals surface area contributed by atoms with E-state index in [9.17, 15) is 0 Å². The molecule has 0 bridgehead atoms. The second kappa shape index (κ2) is 34.5. The molecule has 13 rings (SSSR count). The van der Waals surface area contributed by atoms with Gasteiger partial charge in [0.15, 0.2) is 0 Å². The van der Waals surface area contributed by atoms with Crippen LogP contribution in [-0.2, 0) is 0 Å². The Hall–Kier alpha value is -13.0. The number of anilines is 6. The van der Waals surface area contributed by atoms with Crippen molar-refractivity contribution in [1.29, 1.82) is 0 Å². The minimum absolute atomic E-state index is 0.614. The first-order chi connectivity index (χ1) is 50.4. The van der Waals surface area contributed by atoms with Crippen LogP contribution in [0.2, 0.25) is 0 Å². The molecule has 0 fully saturated rings. The van der Waals surface area contributed by atoms with Crippen molar-refractivity contribution < 1.29 is 9.47 Å². The second-order valence-corrected chi connectivity index (χ2v) is 24.6. The number of allylic oxidation sites excluding steroid dienone is 4. The van der Waals surface area contributed by atoms with Gasteiger partial charge in [0.1, 0.15) is 11.5 Å². The van der Waals surface area contributed by atoms with Crippen LogP contribution in [0.3, 0.4) is 0 Å². The molecular formula is C98H80N2O2. The van der Waals surface area contributed by atoms with Gasteiger partial charge in [-0.1, -0.05) is 328 Å². The van der Waals surface area contributed by atoms with Gasteiger partial charge in [0.25, 0.3) is 0 Å². The standard InChI is InChI=1S/C98H80N2O2/c1-3-101-95-71-67-93(68-72-95)99(89-59-51-81(52-60-89)47-43-77-35-31-75(32-36-77)19-17-29-97(85-21-9-5-10-22-85)86-23-11-6-12-24-86)91-63-55-83(56-64-91)49-45-79-39-41-80(42-40-79)46-50-84-57-65-92(66-58-84)100(94-69-73-96(74-70-94)102-4-2)90-61-53-82(54-62-90)48-44-78-37-33-76(34-38-78)20-18-30-98(87-25-13-7-14-26-87)88-27-15-8-16-28-88/h5-74H,3-4H2,1-2H3/b19-17+,20-18+,47-43+,48-44+,49-45+,50-46+. The molecule has 102 heavy (non-hydrogen) atoms. The topological polar surface area (TPSA) is 24.9 Å². The molecule has 0 aromatic heterocycles. The molecule has 0 aliphatic rings. The predicted octanol–water partition coefficient (Wildman–Crippen LogP) is 26.4. The van der Waals surface area contributed by atoms with Crippen molar-refractivity contribution in [2.75, 3.05) is 23.0 Å². The second-order valence-electron chi connectivity index (χ2n) is 24.6. The summed E-state index contributed by atoms with van der Waals surface area (Å²) in [5.41, 5.74) is 24.7. The summed E-state index contributed by atoms with van der Waals surface area (Å²) in [5, 5.41) is 0. The summed E-state index contributed by atoms with van der Waals surface area (Å²) >= 11 is 0. The van der Waals surface area contributed by atoms with Crippen molar-refractivity contribution in [1.82, 2.24) is 0 Å². The number of rotatable bonds is 26. The van der Waals surface area contributed by atoms with Gasteiger partial charge in [0, 0.05) is 34.1 Å².